The maximum absolute atomic E-state index is 12.6. The molecule has 5 nitrogen and oxygen atoms in total. The highest BCUT2D eigenvalue weighted by molar-refractivity contribution is 5.82. The van der Waals surface area contributed by atoms with E-state index in [-0.39, 0.29) is 6.42 Å². The molecule has 0 aromatic rings. The molecule has 0 radical (unpaired) electrons. The number of nitrogens with one attached hydrogen (secondary N) is 1. The smallest absolute Gasteiger partial charge is 0.256 e. The minimum atomic E-state index is -2.60. The van der Waals surface area contributed by atoms with E-state index in [1.165, 1.54) is 7.05 Å². The van der Waals surface area contributed by atoms with Crippen molar-refractivity contribution in [3.63, 3.8) is 0 Å². The molecule has 1 aliphatic heterocycles. The molecular formula is C10H16F2N2O3. The predicted molar refractivity (Wildman–Crippen MR) is 55.7 cm³/mol. The first-order valence-corrected chi connectivity index (χ1v) is 5.28. The first kappa shape index (κ1) is 14.0. The van der Waals surface area contributed by atoms with Crippen molar-refractivity contribution in [3.05, 3.63) is 12.3 Å². The molecule has 0 spiro atoms. The van der Waals surface area contributed by atoms with Crippen molar-refractivity contribution >= 4 is 5.91 Å². The van der Waals surface area contributed by atoms with Gasteiger partial charge in [-0.15, -0.1) is 4.99 Å². The summed E-state index contributed by atoms with van der Waals surface area (Å²) in [5.74, 6) is -0.518. The Morgan fingerprint density at radius 3 is 2.82 bits per heavy atom. The number of carbonyl (C=O) groups excluding carboxylic acids is 1. The summed E-state index contributed by atoms with van der Waals surface area (Å²) in [5, 5.41) is 3.38. The monoisotopic (exact) mass is 250 g/mol. The summed E-state index contributed by atoms with van der Waals surface area (Å²) in [6.07, 6.45) is -3.21. The molecule has 0 aromatic carbocycles. The van der Waals surface area contributed by atoms with Crippen molar-refractivity contribution in [3.8, 4) is 0 Å². The Bertz CT molecular complexity index is 299. The Morgan fingerprint density at radius 2 is 2.29 bits per heavy atom. The number of amides is 1. The summed E-state index contributed by atoms with van der Waals surface area (Å²) in [6.45, 7) is 5.41. The first-order chi connectivity index (χ1) is 7.95. The molecule has 1 saturated heterocycles. The van der Waals surface area contributed by atoms with Crippen molar-refractivity contribution in [1.82, 2.24) is 10.4 Å². The molecule has 98 valence electrons. The largest absolute Gasteiger partial charge is 0.328 e. The molecule has 0 saturated carbocycles. The van der Waals surface area contributed by atoms with E-state index >= 15 is 0 Å². The summed E-state index contributed by atoms with van der Waals surface area (Å²) in [4.78, 5) is 20.9. The Morgan fingerprint density at radius 1 is 1.65 bits per heavy atom. The SMILES string of the molecule is C=C(CC)NC(=O)C1CC(C(F)F)N(C)OO1. The summed E-state index contributed by atoms with van der Waals surface area (Å²) in [5.41, 5.74) is 0.506. The zero-order chi connectivity index (χ0) is 13.0. The number of allylic oxidation sites excluding steroid dienone is 1. The second kappa shape index (κ2) is 6.04. The number of hydrogen-bond acceptors (Lipinski definition) is 4. The number of nitrogens with zero attached hydrogens (tertiary/aromatic N) is 1. The van der Waals surface area contributed by atoms with Crippen LogP contribution in [0.15, 0.2) is 12.3 Å². The van der Waals surface area contributed by atoms with Gasteiger partial charge in [0.25, 0.3) is 12.3 Å². The molecule has 0 bridgehead atoms. The van der Waals surface area contributed by atoms with E-state index in [4.69, 9.17) is 4.89 Å². The lowest BCUT2D eigenvalue weighted by Gasteiger charge is -2.33. The van der Waals surface area contributed by atoms with Crippen LogP contribution in [0.1, 0.15) is 19.8 Å². The third-order valence-corrected chi connectivity index (χ3v) is 2.51. The summed E-state index contributed by atoms with van der Waals surface area (Å²) < 4.78 is 25.2. The van der Waals surface area contributed by atoms with Crippen LogP contribution in [0, 0.1) is 0 Å². The maximum atomic E-state index is 12.6. The van der Waals surface area contributed by atoms with Gasteiger partial charge in [0.05, 0.1) is 0 Å². The van der Waals surface area contributed by atoms with Crippen molar-refractivity contribution in [2.24, 2.45) is 0 Å². The van der Waals surface area contributed by atoms with Gasteiger partial charge in [-0.3, -0.25) is 4.79 Å². The van der Waals surface area contributed by atoms with E-state index in [2.05, 4.69) is 16.9 Å². The Balaban J connectivity index is 2.55. The van der Waals surface area contributed by atoms with Gasteiger partial charge in [0.2, 0.25) is 0 Å². The summed E-state index contributed by atoms with van der Waals surface area (Å²) in [6, 6.07) is -1.16. The van der Waals surface area contributed by atoms with Crippen LogP contribution in [0.4, 0.5) is 8.78 Å². The molecule has 1 aliphatic rings. The highest BCUT2D eigenvalue weighted by atomic mass is 19.3. The van der Waals surface area contributed by atoms with Crippen LogP contribution in [0.5, 0.6) is 0 Å². The quantitative estimate of drug-likeness (QED) is 0.762. The van der Waals surface area contributed by atoms with Crippen LogP contribution in [0.2, 0.25) is 0 Å². The number of carbonyl (C=O) groups is 1. The molecule has 2 atom stereocenters. The highest BCUT2D eigenvalue weighted by Gasteiger charge is 2.38. The fraction of sp³-hybridized carbons (Fsp3) is 0.700. The molecule has 1 amide bonds. The van der Waals surface area contributed by atoms with Gasteiger partial charge in [-0.2, -0.15) is 5.06 Å². The minimum Gasteiger partial charge on any atom is -0.328 e. The molecule has 1 N–H and O–H groups in total. The number of alkyl halides is 2. The van der Waals surface area contributed by atoms with E-state index < -0.39 is 24.5 Å². The predicted octanol–water partition coefficient (Wildman–Crippen LogP) is 1.23. The lowest BCUT2D eigenvalue weighted by Crippen LogP contribution is -2.50. The summed E-state index contributed by atoms with van der Waals surface area (Å²) in [7, 11) is 1.33. The van der Waals surface area contributed by atoms with Gasteiger partial charge in [0.15, 0.2) is 6.10 Å². The summed E-state index contributed by atoms with van der Waals surface area (Å²) >= 11 is 0. The molecule has 1 fully saturated rings. The van der Waals surface area contributed by atoms with Crippen LogP contribution in [0.3, 0.4) is 0 Å². The Kier molecular flexibility index (Phi) is 4.98. The van der Waals surface area contributed by atoms with Crippen molar-refractivity contribution in [1.29, 1.82) is 0 Å². The fourth-order valence-electron chi connectivity index (χ4n) is 1.34. The van der Waals surface area contributed by atoms with E-state index in [0.29, 0.717) is 12.1 Å². The van der Waals surface area contributed by atoms with Gasteiger partial charge in [-0.25, -0.2) is 13.7 Å². The van der Waals surface area contributed by atoms with Gasteiger partial charge in [-0.1, -0.05) is 13.5 Å². The van der Waals surface area contributed by atoms with Crippen LogP contribution in [-0.2, 0) is 14.7 Å². The standard InChI is InChI=1S/C10H16F2N2O3/c1-4-6(2)13-10(15)8-5-7(9(11)12)14(3)17-16-8/h7-9H,2,4-5H2,1,3H3,(H,13,15). The maximum Gasteiger partial charge on any atom is 0.256 e. The molecule has 0 aliphatic carbocycles. The number of hydroxylamine groups is 2. The average Bonchev–Trinajstić information content (AvgIpc) is 2.28. The second-order valence-corrected chi connectivity index (χ2v) is 3.79. The molecule has 1 rings (SSSR count). The van der Waals surface area contributed by atoms with E-state index in [1.54, 1.807) is 0 Å². The van der Waals surface area contributed by atoms with Crippen molar-refractivity contribution < 1.29 is 23.5 Å². The Labute approximate surface area is 98.2 Å². The lowest BCUT2D eigenvalue weighted by molar-refractivity contribution is -0.471. The van der Waals surface area contributed by atoms with E-state index in [0.717, 1.165) is 5.06 Å². The zero-order valence-corrected chi connectivity index (χ0v) is 9.78. The van der Waals surface area contributed by atoms with Crippen LogP contribution in [0.25, 0.3) is 0 Å². The topological polar surface area (TPSA) is 50.8 Å². The number of hydrogen-bond donors (Lipinski definition) is 1. The lowest BCUT2D eigenvalue weighted by atomic mass is 10.1. The third-order valence-electron chi connectivity index (χ3n) is 2.51. The first-order valence-electron chi connectivity index (χ1n) is 5.28. The van der Waals surface area contributed by atoms with Crippen LogP contribution >= 0.6 is 0 Å². The number of halogens is 2. The second-order valence-electron chi connectivity index (χ2n) is 3.79. The molecule has 1 heterocycles. The molecule has 2 unspecified atom stereocenters. The van der Waals surface area contributed by atoms with E-state index in [9.17, 15) is 13.6 Å². The van der Waals surface area contributed by atoms with Gasteiger partial charge in [0, 0.05) is 19.2 Å². The number of rotatable bonds is 4. The van der Waals surface area contributed by atoms with Crippen LogP contribution < -0.4 is 5.32 Å². The van der Waals surface area contributed by atoms with Crippen molar-refractivity contribution in [2.75, 3.05) is 7.05 Å². The van der Waals surface area contributed by atoms with Crippen LogP contribution in [-0.4, -0.2) is 36.6 Å². The van der Waals surface area contributed by atoms with Gasteiger partial charge < -0.3 is 5.32 Å². The minimum absolute atomic E-state index is 0.128. The molecular weight excluding hydrogens is 234 g/mol. The van der Waals surface area contributed by atoms with Gasteiger partial charge in [0.1, 0.15) is 6.04 Å². The van der Waals surface area contributed by atoms with Gasteiger partial charge in [-0.05, 0) is 6.42 Å². The van der Waals surface area contributed by atoms with Crippen molar-refractivity contribution in [2.45, 2.75) is 38.3 Å². The fourth-order valence-corrected chi connectivity index (χ4v) is 1.34. The zero-order valence-electron chi connectivity index (χ0n) is 9.78. The van der Waals surface area contributed by atoms with Gasteiger partial charge >= 0.3 is 0 Å². The van der Waals surface area contributed by atoms with E-state index in [1.807, 2.05) is 6.92 Å². The highest BCUT2D eigenvalue weighted by Crippen LogP contribution is 2.22. The molecule has 0 aromatic heterocycles. The normalized spacial score (nSPS) is 25.9. The third kappa shape index (κ3) is 3.72. The average molecular weight is 250 g/mol. The molecule has 7 heteroatoms. The Hall–Kier alpha value is -1.05. The molecule has 17 heavy (non-hydrogen) atoms.